The topological polar surface area (TPSA) is 94.6 Å². The van der Waals surface area contributed by atoms with Crippen LogP contribution in [0, 0.1) is 12.8 Å². The molecule has 8 heteroatoms. The van der Waals surface area contributed by atoms with Gasteiger partial charge in [0.15, 0.2) is 5.12 Å². The molecule has 1 aromatic heterocycles. The van der Waals surface area contributed by atoms with E-state index in [1.807, 2.05) is 0 Å². The summed E-state index contributed by atoms with van der Waals surface area (Å²) in [7, 11) is 0. The number of aryl methyl sites for hydroxylation is 1. The van der Waals surface area contributed by atoms with Gasteiger partial charge in [-0.3, -0.25) is 14.9 Å². The highest BCUT2D eigenvalue weighted by Gasteiger charge is 2.23. The van der Waals surface area contributed by atoms with Crippen LogP contribution in [-0.4, -0.2) is 40.1 Å². The van der Waals surface area contributed by atoms with Crippen molar-refractivity contribution >= 4 is 34.8 Å². The van der Waals surface area contributed by atoms with Gasteiger partial charge in [0, 0.05) is 18.4 Å². The van der Waals surface area contributed by atoms with Crippen LogP contribution in [-0.2, 0) is 25.5 Å². The van der Waals surface area contributed by atoms with Crippen LogP contribution in [0.5, 0.6) is 0 Å². The summed E-state index contributed by atoms with van der Waals surface area (Å²) < 4.78 is 10.3. The van der Waals surface area contributed by atoms with Gasteiger partial charge in [-0.25, -0.2) is 9.78 Å². The van der Waals surface area contributed by atoms with Crippen molar-refractivity contribution in [3.8, 4) is 0 Å². The van der Waals surface area contributed by atoms with Crippen LogP contribution in [0.15, 0.2) is 12.1 Å². The number of nitrogens with one attached hydrogen (secondary N) is 1. The molecule has 0 aliphatic rings. The molecule has 150 valence electrons. The summed E-state index contributed by atoms with van der Waals surface area (Å²) in [6, 6.07) is 3.46. The van der Waals surface area contributed by atoms with Gasteiger partial charge >= 0.3 is 12.1 Å². The number of pyridine rings is 1. The number of esters is 1. The van der Waals surface area contributed by atoms with Crippen LogP contribution in [0.1, 0.15) is 45.9 Å². The number of carbonyl (C=O) groups excluding carboxylic acids is 3. The number of nitrogens with zero attached hydrogens (tertiary/aromatic N) is 1. The monoisotopic (exact) mass is 396 g/mol. The van der Waals surface area contributed by atoms with E-state index in [-0.39, 0.29) is 17.7 Å². The first kappa shape index (κ1) is 23.0. The third-order valence-electron chi connectivity index (χ3n) is 3.40. The van der Waals surface area contributed by atoms with Gasteiger partial charge in [-0.1, -0.05) is 17.8 Å². The largest absolute Gasteiger partial charge is 0.466 e. The number of hydrogen-bond donors (Lipinski definition) is 1. The minimum atomic E-state index is -0.597. The zero-order valence-corrected chi connectivity index (χ0v) is 17.6. The van der Waals surface area contributed by atoms with Gasteiger partial charge in [0.25, 0.3) is 0 Å². The molecular formula is C19H28N2O5S. The lowest BCUT2D eigenvalue weighted by molar-refractivity contribution is -0.147. The number of thioether (sulfide) groups is 1. The molecule has 0 aliphatic heterocycles. The number of amides is 1. The molecule has 1 aromatic rings. The zero-order chi connectivity index (χ0) is 20.6. The number of carbonyl (C=O) groups is 3. The Kier molecular flexibility index (Phi) is 8.75. The number of ether oxygens (including phenoxy) is 2. The molecule has 0 radical (unpaired) electrons. The number of hydrogen-bond acceptors (Lipinski definition) is 7. The third-order valence-corrected chi connectivity index (χ3v) is 4.37. The maximum absolute atomic E-state index is 12.2. The smallest absolute Gasteiger partial charge is 0.413 e. The van der Waals surface area contributed by atoms with E-state index in [1.165, 1.54) is 6.92 Å². The Morgan fingerprint density at radius 3 is 2.44 bits per heavy atom. The molecular weight excluding hydrogens is 368 g/mol. The molecule has 27 heavy (non-hydrogen) atoms. The van der Waals surface area contributed by atoms with E-state index >= 15 is 0 Å². The van der Waals surface area contributed by atoms with Crippen molar-refractivity contribution in [1.29, 1.82) is 0 Å². The lowest BCUT2D eigenvalue weighted by Gasteiger charge is -2.20. The molecule has 0 aliphatic carbocycles. The lowest BCUT2D eigenvalue weighted by atomic mass is 10.00. The number of rotatable bonds is 7. The summed E-state index contributed by atoms with van der Waals surface area (Å²) in [6.45, 7) is 10.6. The van der Waals surface area contributed by atoms with E-state index in [0.29, 0.717) is 23.7 Å². The van der Waals surface area contributed by atoms with E-state index in [4.69, 9.17) is 9.47 Å². The second-order valence-corrected chi connectivity index (χ2v) is 8.22. The second kappa shape index (κ2) is 10.3. The van der Waals surface area contributed by atoms with E-state index in [9.17, 15) is 14.4 Å². The highest BCUT2D eigenvalue weighted by atomic mass is 32.2. The Hall–Kier alpha value is -2.09. The van der Waals surface area contributed by atoms with Crippen molar-refractivity contribution in [3.63, 3.8) is 0 Å². The van der Waals surface area contributed by atoms with Gasteiger partial charge in [0.05, 0.1) is 12.5 Å². The van der Waals surface area contributed by atoms with Gasteiger partial charge < -0.3 is 9.47 Å². The van der Waals surface area contributed by atoms with Crippen molar-refractivity contribution in [1.82, 2.24) is 4.98 Å². The molecule has 1 N–H and O–H groups in total. The lowest BCUT2D eigenvalue weighted by Crippen LogP contribution is -2.27. The van der Waals surface area contributed by atoms with E-state index < -0.39 is 17.6 Å². The summed E-state index contributed by atoms with van der Waals surface area (Å²) in [6.07, 6.45) is -0.172. The fourth-order valence-corrected chi connectivity index (χ4v) is 2.93. The first-order valence-electron chi connectivity index (χ1n) is 8.78. The molecule has 1 atom stereocenters. The molecule has 1 heterocycles. The van der Waals surface area contributed by atoms with Gasteiger partial charge in [-0.15, -0.1) is 0 Å². The van der Waals surface area contributed by atoms with Crippen molar-refractivity contribution in [2.75, 3.05) is 17.7 Å². The molecule has 7 nitrogen and oxygen atoms in total. The first-order valence-corrected chi connectivity index (χ1v) is 9.77. The Balaban J connectivity index is 2.84. The van der Waals surface area contributed by atoms with Crippen molar-refractivity contribution in [3.05, 3.63) is 23.4 Å². The van der Waals surface area contributed by atoms with E-state index in [1.54, 1.807) is 46.8 Å². The Morgan fingerprint density at radius 1 is 1.26 bits per heavy atom. The van der Waals surface area contributed by atoms with Crippen molar-refractivity contribution < 1.29 is 23.9 Å². The van der Waals surface area contributed by atoms with Crippen LogP contribution in [0.2, 0.25) is 0 Å². The van der Waals surface area contributed by atoms with Gasteiger partial charge in [-0.05, 0) is 52.7 Å². The first-order chi connectivity index (χ1) is 12.5. The van der Waals surface area contributed by atoms with Crippen molar-refractivity contribution in [2.24, 2.45) is 5.92 Å². The predicted molar refractivity (Wildman–Crippen MR) is 106 cm³/mol. The molecule has 0 bridgehead atoms. The predicted octanol–water partition coefficient (Wildman–Crippen LogP) is 3.74. The highest BCUT2D eigenvalue weighted by molar-refractivity contribution is 8.13. The number of anilines is 1. The fraction of sp³-hybridized carbons (Fsp3) is 0.579. The van der Waals surface area contributed by atoms with E-state index in [0.717, 1.165) is 17.3 Å². The van der Waals surface area contributed by atoms with Crippen molar-refractivity contribution in [2.45, 2.75) is 53.6 Å². The third kappa shape index (κ3) is 8.90. The van der Waals surface area contributed by atoms with Gasteiger partial charge in [-0.2, -0.15) is 0 Å². The molecule has 0 spiro atoms. The molecule has 1 rings (SSSR count). The maximum atomic E-state index is 12.2. The standard InChI is InChI=1S/C19H28N2O5S/c1-7-25-17(23)15(11-27-13(3)22)10-14-8-9-16(20-12(14)2)21-18(24)26-19(4,5)6/h8-9,15H,7,10-11H2,1-6H3,(H,20,21,24). The maximum Gasteiger partial charge on any atom is 0.413 e. The number of aromatic nitrogens is 1. The van der Waals surface area contributed by atoms with Crippen LogP contribution < -0.4 is 5.32 Å². The Bertz CT molecular complexity index is 685. The molecule has 1 unspecified atom stereocenters. The SMILES string of the molecule is CCOC(=O)C(CSC(C)=O)Cc1ccc(NC(=O)OC(C)(C)C)nc1C. The average molecular weight is 397 g/mol. The summed E-state index contributed by atoms with van der Waals surface area (Å²) in [5, 5.41) is 2.54. The minimum absolute atomic E-state index is 0.0453. The summed E-state index contributed by atoms with van der Waals surface area (Å²) >= 11 is 1.10. The Labute approximate surface area is 164 Å². The minimum Gasteiger partial charge on any atom is -0.466 e. The molecule has 0 aromatic carbocycles. The van der Waals surface area contributed by atoms with Crippen LogP contribution in [0.4, 0.5) is 10.6 Å². The Morgan fingerprint density at radius 2 is 1.93 bits per heavy atom. The quantitative estimate of drug-likeness (QED) is 0.702. The normalized spacial score (nSPS) is 12.2. The highest BCUT2D eigenvalue weighted by Crippen LogP contribution is 2.20. The molecule has 0 saturated heterocycles. The zero-order valence-electron chi connectivity index (χ0n) is 16.8. The summed E-state index contributed by atoms with van der Waals surface area (Å²) in [5.74, 6) is -0.0483. The fourth-order valence-electron chi connectivity index (χ4n) is 2.24. The second-order valence-electron chi connectivity index (χ2n) is 7.02. The van der Waals surface area contributed by atoms with Crippen LogP contribution >= 0.6 is 11.8 Å². The molecule has 0 saturated carbocycles. The molecule has 1 amide bonds. The van der Waals surface area contributed by atoms with E-state index in [2.05, 4.69) is 10.3 Å². The van der Waals surface area contributed by atoms with Gasteiger partial charge in [0.1, 0.15) is 11.4 Å². The van der Waals surface area contributed by atoms with Crippen LogP contribution in [0.3, 0.4) is 0 Å². The van der Waals surface area contributed by atoms with Gasteiger partial charge in [0.2, 0.25) is 0 Å². The molecule has 0 fully saturated rings. The summed E-state index contributed by atoms with van der Waals surface area (Å²) in [5.41, 5.74) is 0.943. The summed E-state index contributed by atoms with van der Waals surface area (Å²) in [4.78, 5) is 39.6. The average Bonchev–Trinajstić information content (AvgIpc) is 2.51. The van der Waals surface area contributed by atoms with Crippen LogP contribution in [0.25, 0.3) is 0 Å².